The first-order valence-corrected chi connectivity index (χ1v) is 10.8. The number of carbonyl (C=O) groups excluding carboxylic acids is 1. The lowest BCUT2D eigenvalue weighted by Crippen LogP contribution is -2.46. The zero-order chi connectivity index (χ0) is 19.9. The van der Waals surface area contributed by atoms with Crippen molar-refractivity contribution >= 4 is 17.5 Å². The molecule has 0 spiro atoms. The molecule has 4 nitrogen and oxygen atoms in total. The zero-order valence-electron chi connectivity index (χ0n) is 17.0. The Kier molecular flexibility index (Phi) is 7.57. The molecule has 1 fully saturated rings. The van der Waals surface area contributed by atoms with E-state index in [2.05, 4.69) is 53.0 Å². The molecule has 152 valence electrons. The van der Waals surface area contributed by atoms with Crippen LogP contribution >= 0.6 is 11.6 Å². The third-order valence-corrected chi connectivity index (χ3v) is 5.92. The van der Waals surface area contributed by atoms with E-state index >= 15 is 0 Å². The minimum absolute atomic E-state index is 0.200. The van der Waals surface area contributed by atoms with E-state index in [4.69, 9.17) is 11.6 Å². The molecule has 1 aliphatic carbocycles. The van der Waals surface area contributed by atoms with E-state index in [-0.39, 0.29) is 5.91 Å². The Balaban J connectivity index is 1.76. The van der Waals surface area contributed by atoms with Gasteiger partial charge in [0.15, 0.2) is 0 Å². The van der Waals surface area contributed by atoms with Crippen LogP contribution in [0.15, 0.2) is 42.6 Å². The van der Waals surface area contributed by atoms with E-state index in [1.807, 2.05) is 18.2 Å². The molecule has 0 bridgehead atoms. The van der Waals surface area contributed by atoms with Gasteiger partial charge in [-0.25, -0.2) is 0 Å². The highest BCUT2D eigenvalue weighted by molar-refractivity contribution is 6.31. The van der Waals surface area contributed by atoms with Crippen LogP contribution in [-0.2, 0) is 17.9 Å². The highest BCUT2D eigenvalue weighted by Gasteiger charge is 2.26. The summed E-state index contributed by atoms with van der Waals surface area (Å²) in [5.41, 5.74) is 2.25. The largest absolute Gasteiger partial charge is 0.345 e. The van der Waals surface area contributed by atoms with Crippen LogP contribution in [0.25, 0.3) is 0 Å². The fraction of sp³-hybridized carbons (Fsp3) is 0.522. The molecule has 1 amide bonds. The number of rotatable bonds is 8. The molecule has 0 aliphatic heterocycles. The second-order valence-corrected chi connectivity index (χ2v) is 8.48. The van der Waals surface area contributed by atoms with Gasteiger partial charge in [0.1, 0.15) is 0 Å². The molecule has 1 saturated carbocycles. The summed E-state index contributed by atoms with van der Waals surface area (Å²) < 4.78 is 2.21. The number of benzene rings is 1. The van der Waals surface area contributed by atoms with Gasteiger partial charge in [-0.2, -0.15) is 0 Å². The number of hydrogen-bond acceptors (Lipinski definition) is 2. The molecule has 1 N–H and O–H groups in total. The molecule has 1 aromatic heterocycles. The van der Waals surface area contributed by atoms with Crippen LogP contribution in [0.5, 0.6) is 0 Å². The van der Waals surface area contributed by atoms with E-state index in [1.54, 1.807) is 0 Å². The van der Waals surface area contributed by atoms with Crippen LogP contribution in [0.4, 0.5) is 0 Å². The molecule has 3 rings (SSSR count). The van der Waals surface area contributed by atoms with Crippen molar-refractivity contribution in [1.29, 1.82) is 0 Å². The summed E-state index contributed by atoms with van der Waals surface area (Å²) in [6.07, 6.45) is 8.01. The molecule has 5 heteroatoms. The van der Waals surface area contributed by atoms with Gasteiger partial charge >= 0.3 is 0 Å². The fourth-order valence-electron chi connectivity index (χ4n) is 3.94. The lowest BCUT2D eigenvalue weighted by Gasteiger charge is -2.35. The van der Waals surface area contributed by atoms with Crippen molar-refractivity contribution in [3.63, 3.8) is 0 Å². The monoisotopic (exact) mass is 401 g/mol. The zero-order valence-corrected chi connectivity index (χ0v) is 17.8. The maximum Gasteiger partial charge on any atom is 0.237 e. The minimum Gasteiger partial charge on any atom is -0.345 e. The third kappa shape index (κ3) is 5.62. The third-order valence-electron chi connectivity index (χ3n) is 5.55. The number of nitrogens with zero attached hydrogens (tertiary/aromatic N) is 2. The standard InChI is InChI=1S/C23H32ClN3O/c1-18(2)25-15-23(28)27(20-10-4-3-5-11-20)17-21-12-8-14-26(21)16-19-9-6-7-13-22(19)24/h6-9,12-14,18,20,25H,3-5,10-11,15-17H2,1-2H3. The Bertz CT molecular complexity index is 765. The lowest BCUT2D eigenvalue weighted by molar-refractivity contribution is -0.134. The number of hydrogen-bond donors (Lipinski definition) is 1. The van der Waals surface area contributed by atoms with Gasteiger partial charge in [-0.1, -0.05) is 62.9 Å². The fourth-order valence-corrected chi connectivity index (χ4v) is 4.13. The average molecular weight is 402 g/mol. The van der Waals surface area contributed by atoms with E-state index < -0.39 is 0 Å². The molecular weight excluding hydrogens is 370 g/mol. The Hall–Kier alpha value is -1.78. The predicted octanol–water partition coefficient (Wildman–Crippen LogP) is 4.85. The first-order valence-electron chi connectivity index (χ1n) is 10.4. The van der Waals surface area contributed by atoms with Crippen LogP contribution in [0.1, 0.15) is 57.2 Å². The van der Waals surface area contributed by atoms with Crippen LogP contribution < -0.4 is 5.32 Å². The van der Waals surface area contributed by atoms with Crippen LogP contribution in [0.3, 0.4) is 0 Å². The first kappa shape index (κ1) is 20.9. The Morgan fingerprint density at radius 2 is 1.93 bits per heavy atom. The van der Waals surface area contributed by atoms with E-state index in [0.717, 1.165) is 35.7 Å². The maximum absolute atomic E-state index is 13.0. The van der Waals surface area contributed by atoms with Gasteiger partial charge in [0.25, 0.3) is 0 Å². The maximum atomic E-state index is 13.0. The van der Waals surface area contributed by atoms with Crippen molar-refractivity contribution in [2.75, 3.05) is 6.54 Å². The molecule has 0 saturated heterocycles. The highest BCUT2D eigenvalue weighted by atomic mass is 35.5. The van der Waals surface area contributed by atoms with E-state index in [1.165, 1.54) is 19.3 Å². The lowest BCUT2D eigenvalue weighted by atomic mass is 9.94. The van der Waals surface area contributed by atoms with Crippen LogP contribution in [0.2, 0.25) is 5.02 Å². The van der Waals surface area contributed by atoms with E-state index in [9.17, 15) is 4.79 Å². The molecule has 1 aromatic carbocycles. The Morgan fingerprint density at radius 1 is 1.18 bits per heavy atom. The molecule has 28 heavy (non-hydrogen) atoms. The van der Waals surface area contributed by atoms with Crippen molar-refractivity contribution < 1.29 is 4.79 Å². The van der Waals surface area contributed by atoms with Crippen molar-refractivity contribution in [2.24, 2.45) is 0 Å². The van der Waals surface area contributed by atoms with Crippen molar-refractivity contribution in [3.05, 3.63) is 58.9 Å². The Morgan fingerprint density at radius 3 is 2.64 bits per heavy atom. The summed E-state index contributed by atoms with van der Waals surface area (Å²) in [7, 11) is 0. The summed E-state index contributed by atoms with van der Waals surface area (Å²) in [6.45, 7) is 5.93. The molecule has 0 unspecified atom stereocenters. The number of nitrogens with one attached hydrogen (secondary N) is 1. The molecule has 2 aromatic rings. The average Bonchev–Trinajstić information content (AvgIpc) is 3.13. The molecule has 0 radical (unpaired) electrons. The smallest absolute Gasteiger partial charge is 0.237 e. The summed E-state index contributed by atoms with van der Waals surface area (Å²) in [4.78, 5) is 15.1. The summed E-state index contributed by atoms with van der Waals surface area (Å²) >= 11 is 6.36. The second kappa shape index (κ2) is 10.1. The highest BCUT2D eigenvalue weighted by Crippen LogP contribution is 2.25. The van der Waals surface area contributed by atoms with Crippen molar-refractivity contribution in [1.82, 2.24) is 14.8 Å². The van der Waals surface area contributed by atoms with Gasteiger partial charge in [0.05, 0.1) is 13.1 Å². The van der Waals surface area contributed by atoms with Gasteiger partial charge in [-0.3, -0.25) is 4.79 Å². The number of carbonyl (C=O) groups is 1. The topological polar surface area (TPSA) is 37.3 Å². The van der Waals surface area contributed by atoms with Gasteiger partial charge in [-0.05, 0) is 36.6 Å². The number of halogens is 1. The summed E-state index contributed by atoms with van der Waals surface area (Å²) in [5, 5.41) is 4.07. The first-order chi connectivity index (χ1) is 13.5. The van der Waals surface area contributed by atoms with Crippen molar-refractivity contribution in [3.8, 4) is 0 Å². The van der Waals surface area contributed by atoms with E-state index in [0.29, 0.717) is 25.2 Å². The molecular formula is C23H32ClN3O. The van der Waals surface area contributed by atoms with Gasteiger partial charge in [0.2, 0.25) is 5.91 Å². The van der Waals surface area contributed by atoms with Gasteiger partial charge < -0.3 is 14.8 Å². The number of aromatic nitrogens is 1. The molecule has 0 atom stereocenters. The minimum atomic E-state index is 0.200. The molecule has 1 heterocycles. The Labute approximate surface area is 173 Å². The quantitative estimate of drug-likeness (QED) is 0.686. The van der Waals surface area contributed by atoms with Crippen LogP contribution in [-0.4, -0.2) is 34.0 Å². The normalized spacial score (nSPS) is 15.1. The molecule has 1 aliphatic rings. The predicted molar refractivity (Wildman–Crippen MR) is 116 cm³/mol. The summed E-state index contributed by atoms with van der Waals surface area (Å²) in [6, 6.07) is 12.8. The SMILES string of the molecule is CC(C)NCC(=O)N(Cc1cccn1Cc1ccccc1Cl)C1CCCCC1. The van der Waals surface area contributed by atoms with Crippen LogP contribution in [0, 0.1) is 0 Å². The van der Waals surface area contributed by atoms with Gasteiger partial charge in [-0.15, -0.1) is 0 Å². The second-order valence-electron chi connectivity index (χ2n) is 8.07. The van der Waals surface area contributed by atoms with Crippen molar-refractivity contribution in [2.45, 2.75) is 71.1 Å². The summed E-state index contributed by atoms with van der Waals surface area (Å²) in [5.74, 6) is 0.200. The van der Waals surface area contributed by atoms with Gasteiger partial charge in [0, 0.05) is 35.5 Å². The number of amides is 1.